The van der Waals surface area contributed by atoms with Gasteiger partial charge in [-0.3, -0.25) is 0 Å². The van der Waals surface area contributed by atoms with Gasteiger partial charge in [0.05, 0.1) is 16.9 Å². The Bertz CT molecular complexity index is 1190. The molecule has 1 radical (unpaired) electrons. The van der Waals surface area contributed by atoms with Gasteiger partial charge in [0.25, 0.3) is 0 Å². The highest BCUT2D eigenvalue weighted by Crippen LogP contribution is 2.49. The molecule has 1 aliphatic carbocycles. The van der Waals surface area contributed by atoms with Crippen molar-refractivity contribution in [1.29, 1.82) is 0 Å². The van der Waals surface area contributed by atoms with Gasteiger partial charge in [-0.2, -0.15) is 0 Å². The number of rotatable bonds is 6. The molecule has 0 atom stereocenters. The summed E-state index contributed by atoms with van der Waals surface area (Å²) in [6.07, 6.45) is 1.88. The molecule has 0 heterocycles. The Labute approximate surface area is 209 Å². The van der Waals surface area contributed by atoms with Gasteiger partial charge in [-0.1, -0.05) is 125 Å². The van der Waals surface area contributed by atoms with Crippen LogP contribution in [0.5, 0.6) is 5.75 Å². The molecule has 0 bridgehead atoms. The Hall–Kier alpha value is -2.37. The van der Waals surface area contributed by atoms with E-state index in [0.29, 0.717) is 12.1 Å². The maximum atomic E-state index is 6.64. The SMILES string of the molecule is C=CCOc1c([Si](C)(C)C2c3ccccc3-c3ccccc32)cc(C)c([Si](C)C)c1C(C)(C)C. The molecule has 34 heavy (non-hydrogen) atoms. The highest BCUT2D eigenvalue weighted by molar-refractivity contribution is 6.92. The average Bonchev–Trinajstić information content (AvgIpc) is 3.11. The molecule has 0 saturated heterocycles. The first-order valence-corrected chi connectivity index (χ1v) is 18.0. The van der Waals surface area contributed by atoms with Crippen LogP contribution in [-0.4, -0.2) is 23.5 Å². The van der Waals surface area contributed by atoms with Gasteiger partial charge in [0.15, 0.2) is 0 Å². The van der Waals surface area contributed by atoms with Gasteiger partial charge in [-0.15, -0.1) is 0 Å². The minimum atomic E-state index is -2.09. The third kappa shape index (κ3) is 4.03. The second kappa shape index (κ2) is 9.01. The fraction of sp³-hybridized carbons (Fsp3) is 0.355. The van der Waals surface area contributed by atoms with Crippen LogP contribution in [0, 0.1) is 6.92 Å². The molecular weight excluding hydrogens is 445 g/mol. The summed E-state index contributed by atoms with van der Waals surface area (Å²) in [5.74, 6) is 1.14. The summed E-state index contributed by atoms with van der Waals surface area (Å²) in [4.78, 5) is 0. The summed E-state index contributed by atoms with van der Waals surface area (Å²) in [6.45, 7) is 23.8. The quantitative estimate of drug-likeness (QED) is 0.269. The maximum Gasteiger partial charge on any atom is 0.122 e. The van der Waals surface area contributed by atoms with Crippen molar-refractivity contribution in [3.63, 3.8) is 0 Å². The standard InChI is InChI=1S/C31H39OSi2/c1-10-19-32-28-26(20-21(2)29(33(6)7)27(28)31(3,4)5)34(8,9)30-24-17-13-11-15-22(24)23-16-12-14-18-25(23)30/h10-18,20,30H,1,19H2,2-9H3. The fourth-order valence-corrected chi connectivity index (χ4v) is 11.6. The molecule has 4 rings (SSSR count). The zero-order valence-corrected chi connectivity index (χ0v) is 24.2. The first-order valence-electron chi connectivity index (χ1n) is 12.4. The van der Waals surface area contributed by atoms with E-state index < -0.39 is 16.9 Å². The predicted molar refractivity (Wildman–Crippen MR) is 154 cm³/mol. The lowest BCUT2D eigenvalue weighted by atomic mass is 9.85. The number of ether oxygens (including phenoxy) is 1. The predicted octanol–water partition coefficient (Wildman–Crippen LogP) is 7.09. The van der Waals surface area contributed by atoms with Crippen LogP contribution in [-0.2, 0) is 5.41 Å². The Morgan fingerprint density at radius 1 is 0.971 bits per heavy atom. The van der Waals surface area contributed by atoms with Gasteiger partial charge in [0.2, 0.25) is 0 Å². The lowest BCUT2D eigenvalue weighted by Crippen LogP contribution is -2.51. The lowest BCUT2D eigenvalue weighted by Gasteiger charge is -2.37. The van der Waals surface area contributed by atoms with E-state index in [1.54, 1.807) is 0 Å². The molecule has 0 spiro atoms. The zero-order chi connectivity index (χ0) is 24.8. The van der Waals surface area contributed by atoms with Gasteiger partial charge in [-0.05, 0) is 45.3 Å². The number of hydrogen-bond acceptors (Lipinski definition) is 1. The average molecular weight is 484 g/mol. The molecule has 3 heteroatoms. The third-order valence-corrected chi connectivity index (χ3v) is 12.8. The number of aryl methyl sites for hydroxylation is 1. The van der Waals surface area contributed by atoms with E-state index in [4.69, 9.17) is 4.74 Å². The second-order valence-corrected chi connectivity index (χ2v) is 18.6. The van der Waals surface area contributed by atoms with Crippen molar-refractivity contribution in [1.82, 2.24) is 0 Å². The van der Waals surface area contributed by atoms with Crippen LogP contribution < -0.4 is 15.1 Å². The fourth-order valence-electron chi connectivity index (χ4n) is 6.02. The van der Waals surface area contributed by atoms with Crippen LogP contribution in [0.2, 0.25) is 26.2 Å². The normalized spacial score (nSPS) is 13.7. The summed E-state index contributed by atoms with van der Waals surface area (Å²) in [5, 5.41) is 2.98. The molecule has 0 N–H and O–H groups in total. The lowest BCUT2D eigenvalue weighted by molar-refractivity contribution is 0.354. The number of benzene rings is 3. The Balaban J connectivity index is 2.04. The first kappa shape index (κ1) is 24.7. The van der Waals surface area contributed by atoms with Crippen LogP contribution >= 0.6 is 0 Å². The minimum Gasteiger partial charge on any atom is -0.489 e. The van der Waals surface area contributed by atoms with Gasteiger partial charge >= 0.3 is 0 Å². The molecule has 3 aromatic rings. The second-order valence-electron chi connectivity index (χ2n) is 11.5. The maximum absolute atomic E-state index is 6.64. The van der Waals surface area contributed by atoms with Gasteiger partial charge in [0.1, 0.15) is 12.4 Å². The summed E-state index contributed by atoms with van der Waals surface area (Å²) in [6, 6.07) is 20.5. The molecule has 0 amide bonds. The van der Waals surface area contributed by atoms with Crippen molar-refractivity contribution in [2.24, 2.45) is 0 Å². The molecular formula is C31H39OSi2. The van der Waals surface area contributed by atoms with E-state index in [9.17, 15) is 0 Å². The first-order chi connectivity index (χ1) is 16.0. The molecule has 3 aromatic carbocycles. The van der Waals surface area contributed by atoms with Crippen molar-refractivity contribution in [3.8, 4) is 16.9 Å². The minimum absolute atomic E-state index is 0.00448. The molecule has 0 aromatic heterocycles. The Morgan fingerprint density at radius 2 is 1.50 bits per heavy atom. The van der Waals surface area contributed by atoms with Crippen LogP contribution in [0.15, 0.2) is 67.3 Å². The van der Waals surface area contributed by atoms with Crippen molar-refractivity contribution in [2.45, 2.75) is 64.8 Å². The van der Waals surface area contributed by atoms with Crippen LogP contribution in [0.3, 0.4) is 0 Å². The number of hydrogen-bond donors (Lipinski definition) is 0. The molecule has 0 unspecified atom stereocenters. The molecule has 177 valence electrons. The third-order valence-electron chi connectivity index (χ3n) is 7.32. The zero-order valence-electron chi connectivity index (χ0n) is 22.2. The largest absolute Gasteiger partial charge is 0.489 e. The summed E-state index contributed by atoms with van der Waals surface area (Å²) < 4.78 is 6.64. The van der Waals surface area contributed by atoms with Gasteiger partial charge < -0.3 is 4.74 Å². The van der Waals surface area contributed by atoms with Crippen molar-refractivity contribution >= 4 is 27.2 Å². The molecule has 0 saturated carbocycles. The summed E-state index contributed by atoms with van der Waals surface area (Å²) >= 11 is 0. The summed E-state index contributed by atoms with van der Waals surface area (Å²) in [7, 11) is -2.76. The van der Waals surface area contributed by atoms with Crippen molar-refractivity contribution in [3.05, 3.63) is 89.5 Å². The Kier molecular flexibility index (Phi) is 6.56. The van der Waals surface area contributed by atoms with Crippen LogP contribution in [0.1, 0.15) is 48.6 Å². The van der Waals surface area contributed by atoms with Gasteiger partial charge in [0, 0.05) is 5.54 Å². The highest BCUT2D eigenvalue weighted by atomic mass is 28.3. The molecule has 1 nitrogen and oxygen atoms in total. The molecule has 0 aliphatic heterocycles. The van der Waals surface area contributed by atoms with E-state index in [1.165, 1.54) is 43.8 Å². The molecule has 0 fully saturated rings. The summed E-state index contributed by atoms with van der Waals surface area (Å²) in [5.41, 5.74) is 9.01. The molecule has 1 aliphatic rings. The highest BCUT2D eigenvalue weighted by Gasteiger charge is 2.44. The topological polar surface area (TPSA) is 9.23 Å². The van der Waals surface area contributed by atoms with E-state index >= 15 is 0 Å². The smallest absolute Gasteiger partial charge is 0.122 e. The van der Waals surface area contributed by atoms with Crippen molar-refractivity contribution in [2.75, 3.05) is 6.61 Å². The van der Waals surface area contributed by atoms with Crippen molar-refractivity contribution < 1.29 is 4.74 Å². The van der Waals surface area contributed by atoms with E-state index in [1.807, 2.05) is 6.08 Å². The van der Waals surface area contributed by atoms with E-state index in [-0.39, 0.29) is 5.41 Å². The van der Waals surface area contributed by atoms with Crippen LogP contribution in [0.4, 0.5) is 0 Å². The monoisotopic (exact) mass is 483 g/mol. The number of fused-ring (bicyclic) bond motifs is 3. The van der Waals surface area contributed by atoms with E-state index in [0.717, 1.165) is 5.75 Å². The van der Waals surface area contributed by atoms with E-state index in [2.05, 4.69) is 115 Å². The van der Waals surface area contributed by atoms with Gasteiger partial charge in [-0.25, -0.2) is 0 Å². The van der Waals surface area contributed by atoms with Crippen LogP contribution in [0.25, 0.3) is 11.1 Å². The Morgan fingerprint density at radius 3 is 1.97 bits per heavy atom.